The molecule has 2 N–H and O–H groups in total. The summed E-state index contributed by atoms with van der Waals surface area (Å²) in [5, 5.41) is 18.9. The first-order valence-electron chi connectivity index (χ1n) is 10.0. The lowest BCUT2D eigenvalue weighted by Gasteiger charge is -2.20. The lowest BCUT2D eigenvalue weighted by atomic mass is 10.3. The molecule has 0 aliphatic rings. The predicted molar refractivity (Wildman–Crippen MR) is 114 cm³/mol. The van der Waals surface area contributed by atoms with Crippen LogP contribution >= 0.6 is 0 Å². The van der Waals surface area contributed by atoms with E-state index >= 15 is 0 Å². The summed E-state index contributed by atoms with van der Waals surface area (Å²) < 4.78 is 3.07. The van der Waals surface area contributed by atoms with Gasteiger partial charge in [0.2, 0.25) is 0 Å². The number of aryl methyl sites for hydroxylation is 2. The number of hydrogen-bond donors (Lipinski definition) is 2. The van der Waals surface area contributed by atoms with Crippen molar-refractivity contribution < 1.29 is 10.2 Å². The summed E-state index contributed by atoms with van der Waals surface area (Å²) in [5.41, 5.74) is -0.686. The van der Waals surface area contributed by atoms with Crippen molar-refractivity contribution in [1.29, 1.82) is 0 Å². The van der Waals surface area contributed by atoms with Gasteiger partial charge in [0.25, 0.3) is 11.1 Å². The Morgan fingerprint density at radius 1 is 0.724 bits per heavy atom. The van der Waals surface area contributed by atoms with Gasteiger partial charge in [-0.05, 0) is 83.8 Å². The molecule has 2 aromatic heterocycles. The maximum Gasteiger partial charge on any atom is 0.292 e. The molecular weight excluding hydrogens is 372 g/mol. The van der Waals surface area contributed by atoms with Crippen LogP contribution < -0.4 is 11.1 Å². The Balaban J connectivity index is 1.58. The average Bonchev–Trinajstić information content (AvgIpc) is 2.68. The van der Waals surface area contributed by atoms with Crippen molar-refractivity contribution in [2.45, 2.75) is 32.4 Å². The van der Waals surface area contributed by atoms with Crippen LogP contribution in [-0.2, 0) is 13.1 Å². The summed E-state index contributed by atoms with van der Waals surface area (Å²) in [7, 11) is 4.14. The summed E-state index contributed by atoms with van der Waals surface area (Å²) in [6.07, 6.45) is 6.11. The lowest BCUT2D eigenvalue weighted by Crippen LogP contribution is -2.29. The highest BCUT2D eigenvalue weighted by Crippen LogP contribution is 2.01. The molecule has 0 aliphatic carbocycles. The minimum absolute atomic E-state index is 0.210. The van der Waals surface area contributed by atoms with Crippen molar-refractivity contribution >= 4 is 0 Å². The van der Waals surface area contributed by atoms with E-state index in [9.17, 15) is 19.8 Å². The largest absolute Gasteiger partial charge is 0.503 e. The van der Waals surface area contributed by atoms with Crippen molar-refractivity contribution in [1.82, 2.24) is 18.9 Å². The molecule has 0 aromatic carbocycles. The molecule has 0 unspecified atom stereocenters. The highest BCUT2D eigenvalue weighted by atomic mass is 16.3. The normalized spacial score (nSPS) is 11.4. The number of hydrogen-bond acceptors (Lipinski definition) is 6. The highest BCUT2D eigenvalue weighted by molar-refractivity contribution is 5.15. The number of aromatic hydroxyl groups is 2. The molecule has 0 amide bonds. The van der Waals surface area contributed by atoms with Crippen LogP contribution in [0.2, 0.25) is 0 Å². The molecule has 160 valence electrons. The smallest absolute Gasteiger partial charge is 0.292 e. The van der Waals surface area contributed by atoms with Gasteiger partial charge in [-0.3, -0.25) is 9.59 Å². The Bertz CT molecular complexity index is 806. The summed E-state index contributed by atoms with van der Waals surface area (Å²) in [4.78, 5) is 28.0. The van der Waals surface area contributed by atoms with Crippen molar-refractivity contribution in [3.05, 3.63) is 57.4 Å². The van der Waals surface area contributed by atoms with Crippen molar-refractivity contribution in [2.24, 2.45) is 0 Å². The lowest BCUT2D eigenvalue weighted by molar-refractivity contribution is 0.268. The fourth-order valence-electron chi connectivity index (χ4n) is 3.26. The van der Waals surface area contributed by atoms with Crippen molar-refractivity contribution in [3.63, 3.8) is 0 Å². The highest BCUT2D eigenvalue weighted by Gasteiger charge is 2.05. The van der Waals surface area contributed by atoms with Crippen LogP contribution in [0.15, 0.2) is 46.2 Å². The fraction of sp³-hybridized carbons (Fsp3) is 0.524. The van der Waals surface area contributed by atoms with E-state index in [1.54, 1.807) is 24.5 Å². The zero-order valence-electron chi connectivity index (χ0n) is 17.3. The fourth-order valence-corrected chi connectivity index (χ4v) is 3.26. The van der Waals surface area contributed by atoms with E-state index in [2.05, 4.69) is 23.9 Å². The zero-order valence-corrected chi connectivity index (χ0v) is 17.3. The first-order valence-corrected chi connectivity index (χ1v) is 10.0. The van der Waals surface area contributed by atoms with Gasteiger partial charge in [-0.1, -0.05) is 0 Å². The molecule has 29 heavy (non-hydrogen) atoms. The molecule has 0 atom stereocenters. The molecule has 0 radical (unpaired) electrons. The number of pyridine rings is 2. The van der Waals surface area contributed by atoms with E-state index < -0.39 is 0 Å². The SMILES string of the molecule is CN(CCCN(C)CCCn1cccc(O)c1=O)CCCn1cccc(O)c1=O. The first kappa shape index (κ1) is 22.7. The van der Waals surface area contributed by atoms with Gasteiger partial charge in [0.1, 0.15) is 0 Å². The van der Waals surface area contributed by atoms with Gasteiger partial charge in [-0.2, -0.15) is 0 Å². The Labute approximate surface area is 171 Å². The van der Waals surface area contributed by atoms with Crippen LogP contribution in [0.5, 0.6) is 11.5 Å². The third kappa shape index (κ3) is 7.40. The summed E-state index contributed by atoms with van der Waals surface area (Å²) in [5.74, 6) is -0.421. The van der Waals surface area contributed by atoms with Gasteiger partial charge < -0.3 is 29.1 Å². The van der Waals surface area contributed by atoms with Crippen LogP contribution in [0.4, 0.5) is 0 Å². The van der Waals surface area contributed by atoms with Gasteiger partial charge in [0.05, 0.1) is 0 Å². The Morgan fingerprint density at radius 2 is 1.10 bits per heavy atom. The van der Waals surface area contributed by atoms with Crippen LogP contribution in [0, 0.1) is 0 Å². The third-order valence-corrected chi connectivity index (χ3v) is 4.96. The molecule has 2 rings (SSSR count). The van der Waals surface area contributed by atoms with E-state index in [1.807, 2.05) is 0 Å². The molecule has 2 aromatic rings. The maximum absolute atomic E-state index is 11.8. The molecule has 8 heteroatoms. The summed E-state index contributed by atoms with van der Waals surface area (Å²) in [6, 6.07) is 6.16. The van der Waals surface area contributed by atoms with E-state index in [-0.39, 0.29) is 22.6 Å². The number of rotatable bonds is 12. The first-order chi connectivity index (χ1) is 13.9. The van der Waals surface area contributed by atoms with Gasteiger partial charge in [-0.25, -0.2) is 0 Å². The maximum atomic E-state index is 11.8. The molecule has 0 saturated carbocycles. The molecule has 0 spiro atoms. The number of nitrogens with zero attached hydrogens (tertiary/aromatic N) is 4. The summed E-state index contributed by atoms with van der Waals surface area (Å²) in [6.45, 7) is 4.87. The topological polar surface area (TPSA) is 90.9 Å². The quantitative estimate of drug-likeness (QED) is 0.552. The van der Waals surface area contributed by atoms with Crippen molar-refractivity contribution in [3.8, 4) is 11.5 Å². The van der Waals surface area contributed by atoms with Gasteiger partial charge in [0.15, 0.2) is 11.5 Å². The molecule has 0 fully saturated rings. The molecular formula is C21H32N4O4. The molecule has 0 saturated heterocycles. The predicted octanol–water partition coefficient (Wildman–Crippen LogP) is 1.16. The monoisotopic (exact) mass is 404 g/mol. The van der Waals surface area contributed by atoms with Crippen LogP contribution in [-0.4, -0.2) is 69.4 Å². The summed E-state index contributed by atoms with van der Waals surface area (Å²) >= 11 is 0. The Kier molecular flexibility index (Phi) is 8.95. The third-order valence-electron chi connectivity index (χ3n) is 4.96. The van der Waals surface area contributed by atoms with Crippen LogP contribution in [0.25, 0.3) is 0 Å². The Morgan fingerprint density at radius 3 is 1.52 bits per heavy atom. The minimum atomic E-state index is -0.343. The minimum Gasteiger partial charge on any atom is -0.503 e. The van der Waals surface area contributed by atoms with Gasteiger partial charge >= 0.3 is 0 Å². The number of aromatic nitrogens is 2. The standard InChI is InChI=1S/C21H32N4O4/c1-22(12-6-16-24-14-3-8-18(26)20(24)28)10-5-11-23(2)13-7-17-25-15-4-9-19(27)21(25)29/h3-4,8-9,14-15,26-27H,5-7,10-13,16-17H2,1-2H3. The van der Waals surface area contributed by atoms with Crippen molar-refractivity contribution in [2.75, 3.05) is 40.3 Å². The molecule has 2 heterocycles. The molecule has 0 bridgehead atoms. The van der Waals surface area contributed by atoms with E-state index in [4.69, 9.17) is 0 Å². The Hall–Kier alpha value is -2.58. The van der Waals surface area contributed by atoms with Gasteiger partial charge in [-0.15, -0.1) is 0 Å². The van der Waals surface area contributed by atoms with Gasteiger partial charge in [0, 0.05) is 25.5 Å². The van der Waals surface area contributed by atoms with E-state index in [1.165, 1.54) is 21.3 Å². The second kappa shape index (κ2) is 11.4. The molecule has 0 aliphatic heterocycles. The van der Waals surface area contributed by atoms with E-state index in [0.717, 1.165) is 45.4 Å². The van der Waals surface area contributed by atoms with E-state index in [0.29, 0.717) is 13.1 Å². The van der Waals surface area contributed by atoms with Crippen LogP contribution in [0.1, 0.15) is 19.3 Å². The second-order valence-electron chi connectivity index (χ2n) is 7.45. The molecule has 8 nitrogen and oxygen atoms in total. The average molecular weight is 405 g/mol. The second-order valence-corrected chi connectivity index (χ2v) is 7.45. The zero-order chi connectivity index (χ0) is 21.2. The van der Waals surface area contributed by atoms with Crippen LogP contribution in [0.3, 0.4) is 0 Å².